The van der Waals surface area contributed by atoms with Crippen molar-refractivity contribution < 1.29 is 9.32 Å². The van der Waals surface area contributed by atoms with E-state index in [1.807, 2.05) is 35.2 Å². The summed E-state index contributed by atoms with van der Waals surface area (Å²) >= 11 is 0. The zero-order valence-electron chi connectivity index (χ0n) is 14.6. The van der Waals surface area contributed by atoms with Crippen LogP contribution in [0.15, 0.2) is 34.9 Å². The SMILES string of the molecule is O=C(CCC1CCCCC1)N1CC(c2nc(-c3ccccc3)no2)C1. The molecular formula is C20H25N3O2. The van der Waals surface area contributed by atoms with Gasteiger partial charge in [0.05, 0.1) is 5.92 Å². The molecule has 0 spiro atoms. The Morgan fingerprint density at radius 3 is 2.64 bits per heavy atom. The van der Waals surface area contributed by atoms with Gasteiger partial charge in [0.1, 0.15) is 0 Å². The van der Waals surface area contributed by atoms with Crippen LogP contribution >= 0.6 is 0 Å². The third-order valence-electron chi connectivity index (χ3n) is 5.55. The Morgan fingerprint density at radius 2 is 1.88 bits per heavy atom. The molecule has 25 heavy (non-hydrogen) atoms. The quantitative estimate of drug-likeness (QED) is 0.825. The third kappa shape index (κ3) is 3.75. The molecule has 2 aromatic rings. The number of amides is 1. The first-order chi connectivity index (χ1) is 12.3. The van der Waals surface area contributed by atoms with Crippen LogP contribution in [-0.4, -0.2) is 34.0 Å². The van der Waals surface area contributed by atoms with Crippen molar-refractivity contribution in [2.75, 3.05) is 13.1 Å². The van der Waals surface area contributed by atoms with Gasteiger partial charge in [-0.05, 0) is 12.3 Å². The molecule has 1 aromatic heterocycles. The lowest BCUT2D eigenvalue weighted by molar-refractivity contribution is -0.136. The number of benzene rings is 1. The molecule has 1 saturated heterocycles. The molecule has 0 radical (unpaired) electrons. The Bertz CT molecular complexity index is 701. The molecule has 5 heteroatoms. The van der Waals surface area contributed by atoms with E-state index in [-0.39, 0.29) is 11.8 Å². The Labute approximate surface area is 148 Å². The molecule has 4 rings (SSSR count). The van der Waals surface area contributed by atoms with Crippen molar-refractivity contribution in [1.82, 2.24) is 15.0 Å². The van der Waals surface area contributed by atoms with E-state index in [4.69, 9.17) is 4.52 Å². The van der Waals surface area contributed by atoms with E-state index >= 15 is 0 Å². The van der Waals surface area contributed by atoms with E-state index in [9.17, 15) is 4.79 Å². The average molecular weight is 339 g/mol. The molecule has 5 nitrogen and oxygen atoms in total. The van der Waals surface area contributed by atoms with E-state index in [0.717, 1.165) is 17.9 Å². The summed E-state index contributed by atoms with van der Waals surface area (Å²) in [5.41, 5.74) is 0.956. The van der Waals surface area contributed by atoms with Gasteiger partial charge in [0, 0.05) is 25.1 Å². The summed E-state index contributed by atoms with van der Waals surface area (Å²) in [6.07, 6.45) is 8.40. The Kier molecular flexibility index (Phi) is 4.81. The van der Waals surface area contributed by atoms with Crippen LogP contribution in [0, 0.1) is 5.92 Å². The van der Waals surface area contributed by atoms with Crippen LogP contribution in [0.4, 0.5) is 0 Å². The highest BCUT2D eigenvalue weighted by Gasteiger charge is 2.35. The van der Waals surface area contributed by atoms with Crippen LogP contribution in [0.3, 0.4) is 0 Å². The second-order valence-electron chi connectivity index (χ2n) is 7.36. The highest BCUT2D eigenvalue weighted by Crippen LogP contribution is 2.30. The van der Waals surface area contributed by atoms with Crippen LogP contribution < -0.4 is 0 Å². The normalized spacial score (nSPS) is 19.0. The maximum atomic E-state index is 12.3. The molecule has 2 heterocycles. The Morgan fingerprint density at radius 1 is 1.12 bits per heavy atom. The summed E-state index contributed by atoms with van der Waals surface area (Å²) in [4.78, 5) is 18.8. The van der Waals surface area contributed by atoms with Gasteiger partial charge < -0.3 is 9.42 Å². The zero-order chi connectivity index (χ0) is 17.1. The number of aromatic nitrogens is 2. The van der Waals surface area contributed by atoms with Crippen molar-refractivity contribution in [2.24, 2.45) is 5.92 Å². The van der Waals surface area contributed by atoms with Crippen LogP contribution in [0.2, 0.25) is 0 Å². The predicted molar refractivity (Wildman–Crippen MR) is 94.9 cm³/mol. The van der Waals surface area contributed by atoms with Gasteiger partial charge in [-0.1, -0.05) is 67.6 Å². The van der Waals surface area contributed by atoms with Crippen molar-refractivity contribution >= 4 is 5.91 Å². The van der Waals surface area contributed by atoms with Crippen LogP contribution in [-0.2, 0) is 4.79 Å². The van der Waals surface area contributed by atoms with E-state index in [1.54, 1.807) is 0 Å². The fraction of sp³-hybridized carbons (Fsp3) is 0.550. The zero-order valence-corrected chi connectivity index (χ0v) is 14.6. The third-order valence-corrected chi connectivity index (χ3v) is 5.55. The summed E-state index contributed by atoms with van der Waals surface area (Å²) < 4.78 is 5.41. The predicted octanol–water partition coefficient (Wildman–Crippen LogP) is 4.02. The largest absolute Gasteiger partial charge is 0.341 e. The molecular weight excluding hydrogens is 314 g/mol. The topological polar surface area (TPSA) is 59.2 Å². The number of carbonyl (C=O) groups excluding carboxylic acids is 1. The Hall–Kier alpha value is -2.17. The standard InChI is InChI=1S/C20H25N3O2/c24-18(12-11-15-7-3-1-4-8-15)23-13-17(14-23)20-21-19(22-25-20)16-9-5-2-6-10-16/h2,5-6,9-10,15,17H,1,3-4,7-8,11-14H2. The number of rotatable bonds is 5. The van der Waals surface area contributed by atoms with Gasteiger partial charge in [-0.15, -0.1) is 0 Å². The molecule has 132 valence electrons. The summed E-state index contributed by atoms with van der Waals surface area (Å²) in [5.74, 6) is 2.50. The molecule has 0 atom stereocenters. The highest BCUT2D eigenvalue weighted by molar-refractivity contribution is 5.77. The van der Waals surface area contributed by atoms with E-state index in [2.05, 4.69) is 10.1 Å². The van der Waals surface area contributed by atoms with Crippen molar-refractivity contribution in [2.45, 2.75) is 50.9 Å². The molecule has 0 bridgehead atoms. The van der Waals surface area contributed by atoms with Gasteiger partial charge >= 0.3 is 0 Å². The minimum absolute atomic E-state index is 0.184. The summed E-state index contributed by atoms with van der Waals surface area (Å²) in [7, 11) is 0. The van der Waals surface area contributed by atoms with Crippen molar-refractivity contribution in [3.05, 3.63) is 36.2 Å². The molecule has 2 aliphatic rings. The van der Waals surface area contributed by atoms with E-state index in [1.165, 1.54) is 32.1 Å². The first kappa shape index (κ1) is 16.3. The van der Waals surface area contributed by atoms with Crippen molar-refractivity contribution in [1.29, 1.82) is 0 Å². The maximum absolute atomic E-state index is 12.3. The summed E-state index contributed by atoms with van der Waals surface area (Å²) in [5, 5.41) is 4.07. The highest BCUT2D eigenvalue weighted by atomic mass is 16.5. The van der Waals surface area contributed by atoms with Crippen molar-refractivity contribution in [3.8, 4) is 11.4 Å². The summed E-state index contributed by atoms with van der Waals surface area (Å²) in [6.45, 7) is 1.42. The second-order valence-corrected chi connectivity index (χ2v) is 7.36. The summed E-state index contributed by atoms with van der Waals surface area (Å²) in [6, 6.07) is 9.82. The average Bonchev–Trinajstić information content (AvgIpc) is 3.10. The van der Waals surface area contributed by atoms with Crippen LogP contribution in [0.1, 0.15) is 56.8 Å². The fourth-order valence-electron chi connectivity index (χ4n) is 3.91. The number of likely N-dealkylation sites (tertiary alicyclic amines) is 1. The van der Waals surface area contributed by atoms with Gasteiger partial charge in [-0.25, -0.2) is 0 Å². The minimum atomic E-state index is 0.184. The van der Waals surface area contributed by atoms with E-state index in [0.29, 0.717) is 31.2 Å². The second kappa shape index (κ2) is 7.38. The molecule has 2 fully saturated rings. The Balaban J connectivity index is 1.26. The number of hydrogen-bond acceptors (Lipinski definition) is 4. The lowest BCUT2D eigenvalue weighted by atomic mass is 9.86. The number of nitrogens with zero attached hydrogens (tertiary/aromatic N) is 3. The first-order valence-corrected chi connectivity index (χ1v) is 9.46. The molecule has 1 aromatic carbocycles. The first-order valence-electron chi connectivity index (χ1n) is 9.46. The van der Waals surface area contributed by atoms with E-state index < -0.39 is 0 Å². The molecule has 1 amide bonds. The molecule has 0 N–H and O–H groups in total. The van der Waals surface area contributed by atoms with Gasteiger partial charge in [-0.2, -0.15) is 4.98 Å². The monoisotopic (exact) mass is 339 g/mol. The lowest BCUT2D eigenvalue weighted by Crippen LogP contribution is -2.48. The van der Waals surface area contributed by atoms with Gasteiger partial charge in [0.25, 0.3) is 0 Å². The smallest absolute Gasteiger partial charge is 0.233 e. The van der Waals surface area contributed by atoms with Gasteiger partial charge in [-0.3, -0.25) is 4.79 Å². The number of carbonyl (C=O) groups is 1. The van der Waals surface area contributed by atoms with Gasteiger partial charge in [0.15, 0.2) is 0 Å². The lowest BCUT2D eigenvalue weighted by Gasteiger charge is -2.37. The molecule has 1 aliphatic carbocycles. The maximum Gasteiger partial charge on any atom is 0.233 e. The van der Waals surface area contributed by atoms with Crippen LogP contribution in [0.25, 0.3) is 11.4 Å². The van der Waals surface area contributed by atoms with Gasteiger partial charge in [0.2, 0.25) is 17.6 Å². The van der Waals surface area contributed by atoms with Crippen molar-refractivity contribution in [3.63, 3.8) is 0 Å². The fourth-order valence-corrected chi connectivity index (χ4v) is 3.91. The molecule has 1 saturated carbocycles. The van der Waals surface area contributed by atoms with Crippen LogP contribution in [0.5, 0.6) is 0 Å². The minimum Gasteiger partial charge on any atom is -0.341 e. The number of hydrogen-bond donors (Lipinski definition) is 0. The molecule has 1 aliphatic heterocycles. The molecule has 0 unspecified atom stereocenters.